The third kappa shape index (κ3) is 5.12. The lowest BCUT2D eigenvalue weighted by Crippen LogP contribution is -2.36. The summed E-state index contributed by atoms with van der Waals surface area (Å²) >= 11 is 0. The van der Waals surface area contributed by atoms with Crippen LogP contribution in [0.5, 0.6) is 5.75 Å². The zero-order valence-electron chi connectivity index (χ0n) is 20.6. The SMILES string of the molecule is CCOc1ccc(S(=O)(=O)NCC(C)(C)CO)cc1-c1nc2c(C3CCCC3)nc(C)n2c(=O)[nH]1. The molecule has 3 aromatic rings. The van der Waals surface area contributed by atoms with Gasteiger partial charge in [-0.05, 0) is 44.9 Å². The van der Waals surface area contributed by atoms with Crippen LogP contribution in [-0.2, 0) is 10.0 Å². The summed E-state index contributed by atoms with van der Waals surface area (Å²) in [6.07, 6.45) is 4.24. The molecule has 190 valence electrons. The number of nitrogens with zero attached hydrogens (tertiary/aromatic N) is 3. The number of imidazole rings is 1. The molecule has 2 heterocycles. The molecule has 3 N–H and O–H groups in total. The smallest absolute Gasteiger partial charge is 0.334 e. The quantitative estimate of drug-likeness (QED) is 0.408. The van der Waals surface area contributed by atoms with Gasteiger partial charge >= 0.3 is 5.69 Å². The Labute approximate surface area is 204 Å². The van der Waals surface area contributed by atoms with Crippen molar-refractivity contribution < 1.29 is 18.3 Å². The largest absolute Gasteiger partial charge is 0.493 e. The molecule has 0 amide bonds. The Kier molecular flexibility index (Phi) is 7.03. The van der Waals surface area contributed by atoms with Crippen molar-refractivity contribution in [1.29, 1.82) is 0 Å². The van der Waals surface area contributed by atoms with E-state index in [1.54, 1.807) is 26.8 Å². The van der Waals surface area contributed by atoms with E-state index in [0.717, 1.165) is 31.4 Å². The molecule has 2 aromatic heterocycles. The van der Waals surface area contributed by atoms with E-state index in [1.807, 2.05) is 6.92 Å². The van der Waals surface area contributed by atoms with Crippen molar-refractivity contribution in [3.05, 3.63) is 40.2 Å². The van der Waals surface area contributed by atoms with Gasteiger partial charge in [0.1, 0.15) is 17.4 Å². The second-order valence-electron chi connectivity index (χ2n) is 9.81. The second-order valence-corrected chi connectivity index (χ2v) is 11.6. The van der Waals surface area contributed by atoms with Crippen LogP contribution in [0.3, 0.4) is 0 Å². The lowest BCUT2D eigenvalue weighted by atomic mass is 9.96. The number of fused-ring (bicyclic) bond motifs is 1. The summed E-state index contributed by atoms with van der Waals surface area (Å²) < 4.78 is 35.8. The molecule has 1 saturated carbocycles. The first-order chi connectivity index (χ1) is 16.6. The van der Waals surface area contributed by atoms with Crippen molar-refractivity contribution in [3.63, 3.8) is 0 Å². The highest BCUT2D eigenvalue weighted by Crippen LogP contribution is 2.36. The fraction of sp³-hybridized carbons (Fsp3) is 0.542. The number of aryl methyl sites for hydroxylation is 1. The van der Waals surface area contributed by atoms with Gasteiger partial charge in [0.15, 0.2) is 5.65 Å². The summed E-state index contributed by atoms with van der Waals surface area (Å²) in [5.74, 6) is 1.45. The van der Waals surface area contributed by atoms with Gasteiger partial charge in [0, 0.05) is 24.5 Å². The second kappa shape index (κ2) is 9.71. The van der Waals surface area contributed by atoms with Gasteiger partial charge in [-0.1, -0.05) is 26.7 Å². The van der Waals surface area contributed by atoms with Gasteiger partial charge in [-0.3, -0.25) is 4.98 Å². The number of benzene rings is 1. The fourth-order valence-electron chi connectivity index (χ4n) is 4.36. The molecule has 10 nitrogen and oxygen atoms in total. The minimum Gasteiger partial charge on any atom is -0.493 e. The Hall–Kier alpha value is -2.76. The highest BCUT2D eigenvalue weighted by Gasteiger charge is 2.27. The number of aliphatic hydroxyl groups excluding tert-OH is 1. The monoisotopic (exact) mass is 503 g/mol. The molecular formula is C24H33N5O5S. The number of aromatic amines is 1. The van der Waals surface area contributed by atoms with E-state index >= 15 is 0 Å². The Morgan fingerprint density at radius 2 is 1.97 bits per heavy atom. The Morgan fingerprint density at radius 1 is 1.26 bits per heavy atom. The van der Waals surface area contributed by atoms with Gasteiger partial charge in [-0.2, -0.15) is 0 Å². The van der Waals surface area contributed by atoms with Crippen molar-refractivity contribution in [2.45, 2.75) is 64.2 Å². The van der Waals surface area contributed by atoms with Crippen LogP contribution < -0.4 is 15.1 Å². The maximum absolute atomic E-state index is 13.1. The Morgan fingerprint density at radius 3 is 2.63 bits per heavy atom. The third-order valence-electron chi connectivity index (χ3n) is 6.42. The van der Waals surface area contributed by atoms with E-state index in [-0.39, 0.29) is 29.8 Å². The predicted octanol–water partition coefficient (Wildman–Crippen LogP) is 2.75. The van der Waals surface area contributed by atoms with Crippen LogP contribution in [-0.4, -0.2) is 52.6 Å². The number of aliphatic hydroxyl groups is 1. The first kappa shape index (κ1) is 25.3. The summed E-state index contributed by atoms with van der Waals surface area (Å²) in [4.78, 5) is 25.3. The van der Waals surface area contributed by atoms with Crippen molar-refractivity contribution in [3.8, 4) is 17.1 Å². The standard InChI is InChI=1S/C24H33N5O5S/c1-5-34-19-11-10-17(35(32,33)25-13-24(3,4)14-30)12-18(19)21-27-22-20(16-8-6-7-9-16)26-15(2)29(22)23(31)28-21/h10-12,16,25,30H,5-9,13-14H2,1-4H3,(H,27,28,31). The summed E-state index contributed by atoms with van der Waals surface area (Å²) in [7, 11) is -3.89. The van der Waals surface area contributed by atoms with Crippen LogP contribution in [0, 0.1) is 12.3 Å². The molecule has 1 aliphatic rings. The Balaban J connectivity index is 1.83. The predicted molar refractivity (Wildman–Crippen MR) is 132 cm³/mol. The summed E-state index contributed by atoms with van der Waals surface area (Å²) in [5.41, 5.74) is 0.661. The van der Waals surface area contributed by atoms with Gasteiger partial charge in [0.25, 0.3) is 0 Å². The van der Waals surface area contributed by atoms with Crippen LogP contribution >= 0.6 is 0 Å². The molecule has 0 saturated heterocycles. The number of hydrogen-bond acceptors (Lipinski definition) is 7. The summed E-state index contributed by atoms with van der Waals surface area (Å²) in [6.45, 7) is 7.38. The minimum absolute atomic E-state index is 0.00733. The van der Waals surface area contributed by atoms with Crippen molar-refractivity contribution in [2.24, 2.45) is 5.41 Å². The zero-order chi connectivity index (χ0) is 25.4. The molecule has 4 rings (SSSR count). The van der Waals surface area contributed by atoms with Crippen molar-refractivity contribution in [2.75, 3.05) is 19.8 Å². The molecule has 0 radical (unpaired) electrons. The van der Waals surface area contributed by atoms with Crippen molar-refractivity contribution >= 4 is 15.7 Å². The van der Waals surface area contributed by atoms with Gasteiger partial charge in [0.2, 0.25) is 10.0 Å². The maximum Gasteiger partial charge on any atom is 0.334 e. The molecule has 11 heteroatoms. The third-order valence-corrected chi connectivity index (χ3v) is 7.82. The molecule has 1 fully saturated rings. The lowest BCUT2D eigenvalue weighted by molar-refractivity contribution is 0.163. The first-order valence-corrected chi connectivity index (χ1v) is 13.4. The number of hydrogen-bond donors (Lipinski definition) is 3. The number of sulfonamides is 1. The molecule has 0 spiro atoms. The summed E-state index contributed by atoms with van der Waals surface area (Å²) in [5, 5.41) is 9.46. The van der Waals surface area contributed by atoms with Crippen molar-refractivity contribution in [1.82, 2.24) is 24.1 Å². The molecule has 0 atom stereocenters. The van der Waals surface area contributed by atoms with Crippen LogP contribution in [0.25, 0.3) is 17.0 Å². The number of rotatable bonds is 9. The number of nitrogens with one attached hydrogen (secondary N) is 2. The van der Waals surface area contributed by atoms with E-state index < -0.39 is 21.1 Å². The normalized spacial score (nSPS) is 15.2. The topological polar surface area (TPSA) is 139 Å². The molecule has 35 heavy (non-hydrogen) atoms. The molecule has 1 aromatic carbocycles. The molecule has 0 aliphatic heterocycles. The maximum atomic E-state index is 13.1. The first-order valence-electron chi connectivity index (χ1n) is 11.9. The van der Waals surface area contributed by atoms with Crippen LogP contribution in [0.2, 0.25) is 0 Å². The zero-order valence-corrected chi connectivity index (χ0v) is 21.4. The van der Waals surface area contributed by atoms with E-state index in [0.29, 0.717) is 29.4 Å². The average Bonchev–Trinajstić information content (AvgIpc) is 3.46. The van der Waals surface area contributed by atoms with Gasteiger partial charge in [0.05, 0.1) is 22.8 Å². The molecule has 0 unspecified atom stereocenters. The van der Waals surface area contributed by atoms with E-state index in [2.05, 4.69) is 14.7 Å². The van der Waals surface area contributed by atoms with Gasteiger partial charge in [-0.25, -0.2) is 32.3 Å². The highest BCUT2D eigenvalue weighted by atomic mass is 32.2. The van der Waals surface area contributed by atoms with Crippen LogP contribution in [0.1, 0.15) is 63.9 Å². The minimum atomic E-state index is -3.89. The van der Waals surface area contributed by atoms with Crippen LogP contribution in [0.15, 0.2) is 27.9 Å². The van der Waals surface area contributed by atoms with E-state index in [1.165, 1.54) is 16.5 Å². The van der Waals surface area contributed by atoms with E-state index in [9.17, 15) is 18.3 Å². The fourth-order valence-corrected chi connectivity index (χ4v) is 5.62. The van der Waals surface area contributed by atoms with Crippen LogP contribution in [0.4, 0.5) is 0 Å². The molecule has 0 bridgehead atoms. The number of ether oxygens (including phenoxy) is 1. The highest BCUT2D eigenvalue weighted by molar-refractivity contribution is 7.89. The number of H-pyrrole nitrogens is 1. The Bertz CT molecular complexity index is 1390. The average molecular weight is 504 g/mol. The number of aromatic nitrogens is 4. The molecular weight excluding hydrogens is 470 g/mol. The lowest BCUT2D eigenvalue weighted by Gasteiger charge is -2.22. The molecule has 1 aliphatic carbocycles. The van der Waals surface area contributed by atoms with Gasteiger partial charge < -0.3 is 9.84 Å². The summed E-state index contributed by atoms with van der Waals surface area (Å²) in [6, 6.07) is 4.47. The van der Waals surface area contributed by atoms with Gasteiger partial charge in [-0.15, -0.1) is 0 Å². The van der Waals surface area contributed by atoms with E-state index in [4.69, 9.17) is 9.72 Å².